The maximum absolute atomic E-state index is 6.00. The molecule has 0 aliphatic heterocycles. The van der Waals surface area contributed by atoms with E-state index in [2.05, 4.69) is 24.3 Å². The second-order valence-corrected chi connectivity index (χ2v) is 3.61. The van der Waals surface area contributed by atoms with Crippen molar-refractivity contribution in [1.82, 2.24) is 0 Å². The molecule has 0 aromatic heterocycles. The van der Waals surface area contributed by atoms with Crippen molar-refractivity contribution in [2.45, 2.75) is 0 Å². The van der Waals surface area contributed by atoms with E-state index in [1.165, 1.54) is 17.0 Å². The Balaban J connectivity index is 2.34. The SMILES string of the molecule is ClC[C](c1ccccc1)c1ccccc1. The van der Waals surface area contributed by atoms with Crippen LogP contribution in [-0.4, -0.2) is 5.88 Å². The number of halogens is 1. The molecule has 1 heteroatoms. The Hall–Kier alpha value is -1.27. The largest absolute Gasteiger partial charge is 0.125 e. The van der Waals surface area contributed by atoms with Crippen LogP contribution in [0.15, 0.2) is 60.7 Å². The predicted octanol–water partition coefficient (Wildman–Crippen LogP) is 3.90. The van der Waals surface area contributed by atoms with Crippen molar-refractivity contribution in [2.24, 2.45) is 0 Å². The first-order valence-corrected chi connectivity index (χ1v) is 5.48. The highest BCUT2D eigenvalue weighted by Gasteiger charge is 2.12. The smallest absolute Gasteiger partial charge is 0.0486 e. The van der Waals surface area contributed by atoms with Gasteiger partial charge < -0.3 is 0 Å². The number of benzene rings is 2. The minimum absolute atomic E-state index is 0.536. The van der Waals surface area contributed by atoms with E-state index in [9.17, 15) is 0 Å². The summed E-state index contributed by atoms with van der Waals surface area (Å²) in [5.41, 5.74) is 2.39. The molecule has 0 spiro atoms. The molecule has 0 saturated heterocycles. The van der Waals surface area contributed by atoms with Crippen LogP contribution in [0.25, 0.3) is 0 Å². The molecule has 1 radical (unpaired) electrons. The molecule has 2 rings (SSSR count). The fourth-order valence-electron chi connectivity index (χ4n) is 1.60. The van der Waals surface area contributed by atoms with E-state index in [1.807, 2.05) is 36.4 Å². The van der Waals surface area contributed by atoms with Crippen molar-refractivity contribution in [3.05, 3.63) is 77.7 Å². The summed E-state index contributed by atoms with van der Waals surface area (Å²) < 4.78 is 0. The number of hydrogen-bond acceptors (Lipinski definition) is 0. The highest BCUT2D eigenvalue weighted by molar-refractivity contribution is 6.19. The lowest BCUT2D eigenvalue weighted by atomic mass is 9.93. The van der Waals surface area contributed by atoms with Crippen LogP contribution >= 0.6 is 11.6 Å². The molecule has 0 bridgehead atoms. The lowest BCUT2D eigenvalue weighted by Crippen LogP contribution is -2.03. The van der Waals surface area contributed by atoms with Gasteiger partial charge in [0, 0.05) is 11.8 Å². The molecule has 75 valence electrons. The van der Waals surface area contributed by atoms with Crippen molar-refractivity contribution in [1.29, 1.82) is 0 Å². The van der Waals surface area contributed by atoms with Crippen LogP contribution < -0.4 is 0 Å². The quantitative estimate of drug-likeness (QED) is 0.682. The first-order chi connectivity index (χ1) is 7.42. The van der Waals surface area contributed by atoms with Gasteiger partial charge >= 0.3 is 0 Å². The van der Waals surface area contributed by atoms with Gasteiger partial charge in [-0.1, -0.05) is 60.7 Å². The minimum atomic E-state index is 0.536. The Bertz CT molecular complexity index is 355. The summed E-state index contributed by atoms with van der Waals surface area (Å²) in [7, 11) is 0. The molecule has 2 aromatic rings. The Morgan fingerprint density at radius 1 is 0.733 bits per heavy atom. The number of rotatable bonds is 3. The van der Waals surface area contributed by atoms with Crippen molar-refractivity contribution >= 4 is 11.6 Å². The number of hydrogen-bond donors (Lipinski definition) is 0. The third-order valence-corrected chi connectivity index (χ3v) is 2.65. The summed E-state index contributed by atoms with van der Waals surface area (Å²) >= 11 is 6.00. The van der Waals surface area contributed by atoms with Crippen LogP contribution in [0, 0.1) is 5.92 Å². The van der Waals surface area contributed by atoms with Crippen molar-refractivity contribution in [3.8, 4) is 0 Å². The summed E-state index contributed by atoms with van der Waals surface area (Å²) in [4.78, 5) is 0. The van der Waals surface area contributed by atoms with Gasteiger partial charge in [-0.2, -0.15) is 0 Å². The monoisotopic (exact) mass is 215 g/mol. The van der Waals surface area contributed by atoms with E-state index in [4.69, 9.17) is 11.6 Å². The van der Waals surface area contributed by atoms with Gasteiger partial charge in [-0.3, -0.25) is 0 Å². The molecule has 0 unspecified atom stereocenters. The molecule has 0 aliphatic carbocycles. The first kappa shape index (κ1) is 10.3. The van der Waals surface area contributed by atoms with Crippen LogP contribution in [0.5, 0.6) is 0 Å². The fourth-order valence-corrected chi connectivity index (χ4v) is 1.91. The van der Waals surface area contributed by atoms with Gasteiger partial charge in [0.05, 0.1) is 0 Å². The number of alkyl halides is 1. The van der Waals surface area contributed by atoms with Gasteiger partial charge in [0.15, 0.2) is 0 Å². The van der Waals surface area contributed by atoms with Crippen LogP contribution in [0.3, 0.4) is 0 Å². The summed E-state index contributed by atoms with van der Waals surface area (Å²) in [5, 5.41) is 0. The lowest BCUT2D eigenvalue weighted by molar-refractivity contribution is 1.20. The van der Waals surface area contributed by atoms with E-state index < -0.39 is 0 Å². The topological polar surface area (TPSA) is 0 Å². The van der Waals surface area contributed by atoms with Crippen LogP contribution in [0.2, 0.25) is 0 Å². The molecule has 0 heterocycles. The summed E-state index contributed by atoms with van der Waals surface area (Å²) in [6, 6.07) is 20.5. The van der Waals surface area contributed by atoms with E-state index in [0.29, 0.717) is 5.88 Å². The van der Waals surface area contributed by atoms with Crippen LogP contribution in [-0.2, 0) is 0 Å². The average molecular weight is 216 g/mol. The molecule has 0 fully saturated rings. The van der Waals surface area contributed by atoms with Gasteiger partial charge in [0.25, 0.3) is 0 Å². The van der Waals surface area contributed by atoms with Gasteiger partial charge in [-0.05, 0) is 11.1 Å². The first-order valence-electron chi connectivity index (χ1n) is 4.94. The van der Waals surface area contributed by atoms with E-state index >= 15 is 0 Å². The summed E-state index contributed by atoms with van der Waals surface area (Å²) in [6.45, 7) is 0. The van der Waals surface area contributed by atoms with Gasteiger partial charge in [0.2, 0.25) is 0 Å². The van der Waals surface area contributed by atoms with Gasteiger partial charge in [-0.25, -0.2) is 0 Å². The molecule has 0 nitrogen and oxygen atoms in total. The lowest BCUT2D eigenvalue weighted by Gasteiger charge is -2.13. The molecule has 15 heavy (non-hydrogen) atoms. The zero-order chi connectivity index (χ0) is 10.5. The molecule has 2 aromatic carbocycles. The molecular weight excluding hydrogens is 204 g/mol. The zero-order valence-corrected chi connectivity index (χ0v) is 9.11. The van der Waals surface area contributed by atoms with Crippen molar-refractivity contribution in [2.75, 3.05) is 5.88 Å². The third kappa shape index (κ3) is 2.40. The second-order valence-electron chi connectivity index (χ2n) is 3.34. The average Bonchev–Trinajstić information content (AvgIpc) is 2.33. The van der Waals surface area contributed by atoms with Crippen molar-refractivity contribution in [3.63, 3.8) is 0 Å². The molecular formula is C14H12Cl. The Labute approximate surface area is 95.5 Å². The second kappa shape index (κ2) is 4.99. The van der Waals surface area contributed by atoms with E-state index in [0.717, 1.165) is 0 Å². The van der Waals surface area contributed by atoms with Gasteiger partial charge in [0.1, 0.15) is 0 Å². The highest BCUT2D eigenvalue weighted by Crippen LogP contribution is 2.24. The third-order valence-electron chi connectivity index (χ3n) is 2.38. The molecule has 0 saturated carbocycles. The fraction of sp³-hybridized carbons (Fsp3) is 0.0714. The Kier molecular flexibility index (Phi) is 3.41. The van der Waals surface area contributed by atoms with E-state index in [-0.39, 0.29) is 0 Å². The summed E-state index contributed by atoms with van der Waals surface area (Å²) in [5.74, 6) is 1.71. The highest BCUT2D eigenvalue weighted by atomic mass is 35.5. The molecule has 0 atom stereocenters. The standard InChI is InChI=1S/C14H12Cl/c15-11-14(12-7-3-1-4-8-12)13-9-5-2-6-10-13/h1-10H,11H2. The van der Waals surface area contributed by atoms with Gasteiger partial charge in [-0.15, -0.1) is 11.6 Å². The van der Waals surface area contributed by atoms with Crippen LogP contribution in [0.1, 0.15) is 11.1 Å². The molecule has 0 aliphatic rings. The van der Waals surface area contributed by atoms with E-state index in [1.54, 1.807) is 0 Å². The maximum Gasteiger partial charge on any atom is 0.0486 e. The zero-order valence-electron chi connectivity index (χ0n) is 8.36. The van der Waals surface area contributed by atoms with Crippen LogP contribution in [0.4, 0.5) is 0 Å². The normalized spacial score (nSPS) is 10.5. The summed E-state index contributed by atoms with van der Waals surface area (Å²) in [6.07, 6.45) is 0. The molecule has 0 N–H and O–H groups in total. The van der Waals surface area contributed by atoms with Crippen molar-refractivity contribution < 1.29 is 0 Å². The minimum Gasteiger partial charge on any atom is -0.125 e. The Morgan fingerprint density at radius 3 is 1.47 bits per heavy atom. The molecule has 0 amide bonds. The maximum atomic E-state index is 6.00. The Morgan fingerprint density at radius 2 is 1.13 bits per heavy atom. The predicted molar refractivity (Wildman–Crippen MR) is 65.1 cm³/mol.